The van der Waals surface area contributed by atoms with Crippen molar-refractivity contribution in [1.82, 2.24) is 0 Å². The Hall–Kier alpha value is -1.52. The molecule has 0 radical (unpaired) electrons. The van der Waals surface area contributed by atoms with Crippen LogP contribution in [0.25, 0.3) is 0 Å². The third-order valence-electron chi connectivity index (χ3n) is 2.16. The molecule has 0 aliphatic rings. The zero-order valence-corrected chi connectivity index (χ0v) is 8.77. The molecule has 1 rings (SSSR count). The van der Waals surface area contributed by atoms with Crippen molar-refractivity contribution in [2.24, 2.45) is 0 Å². The fourth-order valence-corrected chi connectivity index (χ4v) is 1.20. The van der Waals surface area contributed by atoms with Crippen LogP contribution in [-0.4, -0.2) is 19.0 Å². The van der Waals surface area contributed by atoms with E-state index >= 15 is 0 Å². The summed E-state index contributed by atoms with van der Waals surface area (Å²) in [7, 11) is 1.52. The first-order valence-electron chi connectivity index (χ1n) is 4.71. The summed E-state index contributed by atoms with van der Waals surface area (Å²) >= 11 is 0. The van der Waals surface area contributed by atoms with Gasteiger partial charge in [0.2, 0.25) is 0 Å². The van der Waals surface area contributed by atoms with Gasteiger partial charge in [0.1, 0.15) is 11.5 Å². The molecule has 0 spiro atoms. The second kappa shape index (κ2) is 5.01. The molecule has 5 heteroatoms. The summed E-state index contributed by atoms with van der Waals surface area (Å²) < 4.78 is 41.0. The Morgan fingerprint density at radius 1 is 1.25 bits per heavy atom. The van der Waals surface area contributed by atoms with E-state index in [9.17, 15) is 13.2 Å². The Kier molecular flexibility index (Phi) is 3.93. The van der Waals surface area contributed by atoms with Gasteiger partial charge in [-0.15, -0.1) is 0 Å². The van der Waals surface area contributed by atoms with E-state index in [1.54, 1.807) is 24.3 Å². The van der Waals surface area contributed by atoms with E-state index in [1.807, 2.05) is 0 Å². The maximum absolute atomic E-state index is 12.0. The predicted molar refractivity (Wildman–Crippen MR) is 55.1 cm³/mol. The first kappa shape index (κ1) is 12.5. The summed E-state index contributed by atoms with van der Waals surface area (Å²) in [6.07, 6.45) is -4.59. The van der Waals surface area contributed by atoms with Crippen LogP contribution in [0.4, 0.5) is 13.2 Å². The summed E-state index contributed by atoms with van der Waals surface area (Å²) in [6, 6.07) is 6.77. The van der Waals surface area contributed by atoms with Crippen LogP contribution in [0.5, 0.6) is 5.75 Å². The standard InChI is InChI=1S/C11H12F3NO/c1-16-9-5-2-8(3-6-9)4-7-10(15)11(12,13)14/h2-3,5-6,15H,4,7H2,1H3. The van der Waals surface area contributed by atoms with E-state index in [0.29, 0.717) is 5.75 Å². The van der Waals surface area contributed by atoms with Gasteiger partial charge in [0, 0.05) is 0 Å². The maximum atomic E-state index is 12.0. The lowest BCUT2D eigenvalue weighted by Gasteiger charge is -2.08. The number of hydrogen-bond acceptors (Lipinski definition) is 2. The van der Waals surface area contributed by atoms with Crippen molar-refractivity contribution in [3.63, 3.8) is 0 Å². The summed E-state index contributed by atoms with van der Waals surface area (Å²) in [5, 5.41) is 6.82. The second-order valence-corrected chi connectivity index (χ2v) is 3.32. The van der Waals surface area contributed by atoms with Gasteiger partial charge < -0.3 is 10.1 Å². The maximum Gasteiger partial charge on any atom is 0.428 e. The highest BCUT2D eigenvalue weighted by molar-refractivity contribution is 5.86. The predicted octanol–water partition coefficient (Wildman–Crippen LogP) is 3.21. The first-order chi connectivity index (χ1) is 7.43. The minimum atomic E-state index is -4.51. The van der Waals surface area contributed by atoms with Crippen LogP contribution < -0.4 is 4.74 Å². The third kappa shape index (κ3) is 3.56. The lowest BCUT2D eigenvalue weighted by Crippen LogP contribution is -2.22. The van der Waals surface area contributed by atoms with Crippen molar-refractivity contribution < 1.29 is 17.9 Å². The Morgan fingerprint density at radius 3 is 2.25 bits per heavy atom. The highest BCUT2D eigenvalue weighted by atomic mass is 19.4. The van der Waals surface area contributed by atoms with Crippen molar-refractivity contribution >= 4 is 5.71 Å². The molecule has 0 bridgehead atoms. The van der Waals surface area contributed by atoms with Crippen molar-refractivity contribution in [2.45, 2.75) is 19.0 Å². The van der Waals surface area contributed by atoms with Crippen molar-refractivity contribution in [3.8, 4) is 5.75 Å². The molecule has 0 aromatic heterocycles. The monoisotopic (exact) mass is 231 g/mol. The quantitative estimate of drug-likeness (QED) is 0.793. The fourth-order valence-electron chi connectivity index (χ4n) is 1.20. The van der Waals surface area contributed by atoms with Crippen molar-refractivity contribution in [1.29, 1.82) is 5.41 Å². The van der Waals surface area contributed by atoms with E-state index < -0.39 is 11.9 Å². The normalized spacial score (nSPS) is 11.2. The SMILES string of the molecule is COc1ccc(CCC(=N)C(F)(F)F)cc1. The Bertz CT molecular complexity index is 356. The van der Waals surface area contributed by atoms with Crippen LogP contribution in [-0.2, 0) is 6.42 Å². The molecule has 0 amide bonds. The Morgan fingerprint density at radius 2 is 1.81 bits per heavy atom. The number of methoxy groups -OCH3 is 1. The third-order valence-corrected chi connectivity index (χ3v) is 2.16. The van der Waals surface area contributed by atoms with Gasteiger partial charge in [0.25, 0.3) is 0 Å². The molecule has 88 valence electrons. The summed E-state index contributed by atoms with van der Waals surface area (Å²) in [5.41, 5.74) is -0.432. The molecule has 0 saturated carbocycles. The van der Waals surface area contributed by atoms with Gasteiger partial charge >= 0.3 is 6.18 Å². The molecule has 0 aliphatic carbocycles. The molecule has 0 saturated heterocycles. The number of nitrogens with one attached hydrogen (secondary N) is 1. The average molecular weight is 231 g/mol. The van der Waals surface area contributed by atoms with Crippen molar-refractivity contribution in [3.05, 3.63) is 29.8 Å². The van der Waals surface area contributed by atoms with Gasteiger partial charge in [-0.2, -0.15) is 13.2 Å². The van der Waals surface area contributed by atoms with Crippen LogP contribution in [0.15, 0.2) is 24.3 Å². The zero-order valence-electron chi connectivity index (χ0n) is 8.77. The largest absolute Gasteiger partial charge is 0.497 e. The fraction of sp³-hybridized carbons (Fsp3) is 0.364. The minimum Gasteiger partial charge on any atom is -0.497 e. The van der Waals surface area contributed by atoms with Crippen LogP contribution in [0.2, 0.25) is 0 Å². The number of rotatable bonds is 4. The van der Waals surface area contributed by atoms with E-state index in [0.717, 1.165) is 5.56 Å². The van der Waals surface area contributed by atoms with Gasteiger partial charge in [-0.1, -0.05) is 12.1 Å². The lowest BCUT2D eigenvalue weighted by atomic mass is 10.1. The number of hydrogen-bond donors (Lipinski definition) is 1. The summed E-state index contributed by atoms with van der Waals surface area (Å²) in [6.45, 7) is 0. The molecule has 0 atom stereocenters. The number of alkyl halides is 3. The van der Waals surface area contributed by atoms with Gasteiger partial charge in [0.15, 0.2) is 0 Å². The number of halogens is 3. The molecular weight excluding hydrogens is 219 g/mol. The van der Waals surface area contributed by atoms with Crippen LogP contribution in [0, 0.1) is 5.41 Å². The van der Waals surface area contributed by atoms with Crippen LogP contribution in [0.1, 0.15) is 12.0 Å². The molecule has 0 unspecified atom stereocenters. The molecule has 1 N–H and O–H groups in total. The van der Waals surface area contributed by atoms with E-state index in [2.05, 4.69) is 0 Å². The molecule has 2 nitrogen and oxygen atoms in total. The average Bonchev–Trinajstić information content (AvgIpc) is 2.25. The zero-order chi connectivity index (χ0) is 12.2. The highest BCUT2D eigenvalue weighted by Gasteiger charge is 2.33. The van der Waals surface area contributed by atoms with Gasteiger partial charge in [-0.25, -0.2) is 0 Å². The molecule has 1 aromatic carbocycles. The summed E-state index contributed by atoms with van der Waals surface area (Å²) in [5.74, 6) is 0.662. The van der Waals surface area contributed by atoms with Crippen LogP contribution >= 0.6 is 0 Å². The lowest BCUT2D eigenvalue weighted by molar-refractivity contribution is -0.0612. The smallest absolute Gasteiger partial charge is 0.428 e. The molecule has 0 aliphatic heterocycles. The highest BCUT2D eigenvalue weighted by Crippen LogP contribution is 2.20. The minimum absolute atomic E-state index is 0.211. The van der Waals surface area contributed by atoms with Crippen molar-refractivity contribution in [2.75, 3.05) is 7.11 Å². The number of benzene rings is 1. The molecule has 0 heterocycles. The molecular formula is C11H12F3NO. The van der Waals surface area contributed by atoms with Gasteiger partial charge in [-0.05, 0) is 30.5 Å². The number of aryl methyl sites for hydroxylation is 1. The van der Waals surface area contributed by atoms with Gasteiger partial charge in [0.05, 0.1) is 7.11 Å². The Labute approximate surface area is 91.6 Å². The topological polar surface area (TPSA) is 33.1 Å². The van der Waals surface area contributed by atoms with E-state index in [1.165, 1.54) is 7.11 Å². The van der Waals surface area contributed by atoms with Gasteiger partial charge in [-0.3, -0.25) is 0 Å². The molecule has 16 heavy (non-hydrogen) atoms. The molecule has 0 fully saturated rings. The van der Waals surface area contributed by atoms with Crippen LogP contribution in [0.3, 0.4) is 0 Å². The first-order valence-corrected chi connectivity index (χ1v) is 4.71. The van der Waals surface area contributed by atoms with E-state index in [-0.39, 0.29) is 12.8 Å². The van der Waals surface area contributed by atoms with E-state index in [4.69, 9.17) is 10.1 Å². The second-order valence-electron chi connectivity index (χ2n) is 3.32. The number of ether oxygens (including phenoxy) is 1. The Balaban J connectivity index is 2.52. The molecule has 1 aromatic rings. The summed E-state index contributed by atoms with van der Waals surface area (Å²) in [4.78, 5) is 0.